The number of hydrogen-bond donors (Lipinski definition) is 3. The van der Waals surface area contributed by atoms with E-state index in [0.29, 0.717) is 0 Å². The van der Waals surface area contributed by atoms with E-state index in [4.69, 9.17) is 0 Å². The van der Waals surface area contributed by atoms with Crippen LogP contribution in [0.4, 0.5) is 4.39 Å². The van der Waals surface area contributed by atoms with Crippen LogP contribution in [0.1, 0.15) is 17.2 Å². The largest absolute Gasteiger partial charge is 0.502 e. The highest BCUT2D eigenvalue weighted by atomic mass is 19.1. The normalized spacial score (nSPS) is 21.6. The zero-order chi connectivity index (χ0) is 18.1. The molecular formula is C21H25FN3O+3. The molecule has 4 N–H and O–H groups in total. The first-order chi connectivity index (χ1) is 12.6. The van der Waals surface area contributed by atoms with E-state index in [2.05, 4.69) is 12.0 Å². The number of phenols is 1. The molecule has 1 unspecified atom stereocenters. The van der Waals surface area contributed by atoms with Gasteiger partial charge in [0.15, 0.2) is 11.9 Å². The van der Waals surface area contributed by atoms with Crippen molar-refractivity contribution in [2.45, 2.75) is 6.04 Å². The molecule has 26 heavy (non-hydrogen) atoms. The van der Waals surface area contributed by atoms with Crippen molar-refractivity contribution in [3.63, 3.8) is 0 Å². The topological polar surface area (TPSA) is 43.2 Å². The van der Waals surface area contributed by atoms with Crippen LogP contribution in [0, 0.1) is 5.82 Å². The van der Waals surface area contributed by atoms with Gasteiger partial charge < -0.3 is 14.9 Å². The maximum absolute atomic E-state index is 13.5. The number of aromatic amines is 1. The number of piperazine rings is 1. The first-order valence-electron chi connectivity index (χ1n) is 9.17. The molecule has 1 aliphatic heterocycles. The number of fused-ring (bicyclic) bond motifs is 1. The van der Waals surface area contributed by atoms with E-state index in [1.54, 1.807) is 0 Å². The van der Waals surface area contributed by atoms with E-state index in [1.807, 2.05) is 42.6 Å². The monoisotopic (exact) mass is 354 g/mol. The van der Waals surface area contributed by atoms with Gasteiger partial charge >= 0.3 is 0 Å². The maximum atomic E-state index is 13.5. The van der Waals surface area contributed by atoms with E-state index in [-0.39, 0.29) is 17.6 Å². The number of aromatic nitrogens is 1. The predicted octanol–water partition coefficient (Wildman–Crippen LogP) is 0.00120. The average molecular weight is 354 g/mol. The number of phenolic OH excluding ortho intramolecular Hbond substituents is 1. The quantitative estimate of drug-likeness (QED) is 0.609. The van der Waals surface area contributed by atoms with E-state index in [1.165, 1.54) is 21.9 Å². The third-order valence-electron chi connectivity index (χ3n) is 5.51. The van der Waals surface area contributed by atoms with Gasteiger partial charge in [-0.1, -0.05) is 0 Å². The van der Waals surface area contributed by atoms with Gasteiger partial charge in [0, 0.05) is 11.6 Å². The number of rotatable bonds is 3. The molecule has 2 heterocycles. The molecule has 1 saturated heterocycles. The predicted molar refractivity (Wildman–Crippen MR) is 97.7 cm³/mol. The highest BCUT2D eigenvalue weighted by Crippen LogP contribution is 2.32. The number of pyridine rings is 1. The second kappa shape index (κ2) is 7.02. The molecule has 0 spiro atoms. The summed E-state index contributed by atoms with van der Waals surface area (Å²) in [6.07, 6.45) is 1.82. The zero-order valence-corrected chi connectivity index (χ0v) is 14.9. The first kappa shape index (κ1) is 16.9. The summed E-state index contributed by atoms with van der Waals surface area (Å²) in [7, 11) is 2.21. The Kier molecular flexibility index (Phi) is 4.57. The number of quaternary nitrogens is 2. The molecule has 0 radical (unpaired) electrons. The number of H-pyrrole nitrogens is 1. The molecule has 1 fully saturated rings. The SMILES string of the molecule is C[NH+]1CC[NH+](C(c2ccc(F)cc2)c2ccc3ccc[nH+]c3c2O)CC1. The molecule has 5 heteroatoms. The maximum Gasteiger partial charge on any atom is 0.253 e. The molecular weight excluding hydrogens is 329 g/mol. The molecule has 0 saturated carbocycles. The molecule has 0 aliphatic carbocycles. The van der Waals surface area contributed by atoms with Gasteiger partial charge in [-0.3, -0.25) is 0 Å². The zero-order valence-electron chi connectivity index (χ0n) is 14.9. The highest BCUT2D eigenvalue weighted by molar-refractivity contribution is 5.82. The smallest absolute Gasteiger partial charge is 0.253 e. The van der Waals surface area contributed by atoms with Crippen molar-refractivity contribution in [3.8, 4) is 5.75 Å². The van der Waals surface area contributed by atoms with Gasteiger partial charge in [-0.25, -0.2) is 9.37 Å². The van der Waals surface area contributed by atoms with Crippen LogP contribution in [0.5, 0.6) is 5.75 Å². The van der Waals surface area contributed by atoms with Crippen LogP contribution >= 0.6 is 0 Å². The summed E-state index contributed by atoms with van der Waals surface area (Å²) >= 11 is 0. The lowest BCUT2D eigenvalue weighted by atomic mass is 9.94. The summed E-state index contributed by atoms with van der Waals surface area (Å²) in [6.45, 7) is 4.22. The number of aromatic hydroxyl groups is 1. The summed E-state index contributed by atoms with van der Waals surface area (Å²) in [5.74, 6) is 0.0533. The van der Waals surface area contributed by atoms with Gasteiger partial charge in [0.1, 0.15) is 38.0 Å². The Bertz CT molecular complexity index is 905. The van der Waals surface area contributed by atoms with Crippen LogP contribution < -0.4 is 14.8 Å². The van der Waals surface area contributed by atoms with Crippen molar-refractivity contribution in [2.24, 2.45) is 0 Å². The number of benzene rings is 2. The number of halogens is 1. The molecule has 4 nitrogen and oxygen atoms in total. The molecule has 0 amide bonds. The molecule has 1 aromatic heterocycles. The highest BCUT2D eigenvalue weighted by Gasteiger charge is 2.33. The van der Waals surface area contributed by atoms with Crippen molar-refractivity contribution >= 4 is 10.9 Å². The van der Waals surface area contributed by atoms with Crippen molar-refractivity contribution in [2.75, 3.05) is 33.2 Å². The molecule has 2 aromatic carbocycles. The third-order valence-corrected chi connectivity index (χ3v) is 5.51. The fourth-order valence-corrected chi connectivity index (χ4v) is 4.01. The summed E-state index contributed by atoms with van der Waals surface area (Å²) in [5.41, 5.74) is 2.67. The number of nitrogens with one attached hydrogen (secondary N) is 3. The standard InChI is InChI=1S/C21H22FN3O/c1-24-11-13-25(14-12-24)20(16-4-7-17(22)8-5-16)18-9-6-15-3-2-10-23-19(15)21(18)26/h2-10,20,26H,11-14H2,1H3/p+3. The third kappa shape index (κ3) is 3.16. The molecule has 1 aliphatic rings. The van der Waals surface area contributed by atoms with Gasteiger partial charge in [-0.2, -0.15) is 0 Å². The lowest BCUT2D eigenvalue weighted by Crippen LogP contribution is -3.27. The minimum Gasteiger partial charge on any atom is -0.502 e. The second-order valence-electron chi connectivity index (χ2n) is 7.24. The average Bonchev–Trinajstić information content (AvgIpc) is 2.67. The van der Waals surface area contributed by atoms with Gasteiger partial charge in [0.2, 0.25) is 0 Å². The van der Waals surface area contributed by atoms with Gasteiger partial charge in [-0.15, -0.1) is 0 Å². The summed E-state index contributed by atoms with van der Waals surface area (Å²) in [4.78, 5) is 6.10. The van der Waals surface area contributed by atoms with Gasteiger partial charge in [0.25, 0.3) is 5.52 Å². The molecule has 1 atom stereocenters. The fraction of sp³-hybridized carbons (Fsp3) is 0.286. The van der Waals surface area contributed by atoms with E-state index >= 15 is 0 Å². The Morgan fingerprint density at radius 3 is 2.46 bits per heavy atom. The molecule has 3 aromatic rings. The Labute approximate surface area is 152 Å². The first-order valence-corrected chi connectivity index (χ1v) is 9.17. The molecule has 0 bridgehead atoms. The number of hydrogen-bond acceptors (Lipinski definition) is 1. The van der Waals surface area contributed by atoms with E-state index < -0.39 is 0 Å². The second-order valence-corrected chi connectivity index (χ2v) is 7.24. The molecule has 4 rings (SSSR count). The van der Waals surface area contributed by atoms with Crippen LogP contribution in [-0.2, 0) is 0 Å². The minimum atomic E-state index is -0.235. The Balaban J connectivity index is 1.82. The van der Waals surface area contributed by atoms with Crippen molar-refractivity contribution in [1.82, 2.24) is 0 Å². The number of likely N-dealkylation sites (N-methyl/N-ethyl adjacent to an activating group) is 1. The summed E-state index contributed by atoms with van der Waals surface area (Å²) in [5, 5.41) is 12.0. The minimum absolute atomic E-state index is 0.0123. The lowest BCUT2D eigenvalue weighted by Gasteiger charge is -2.34. The van der Waals surface area contributed by atoms with Crippen LogP contribution in [0.3, 0.4) is 0 Å². The van der Waals surface area contributed by atoms with Gasteiger partial charge in [0.05, 0.1) is 18.0 Å². The Morgan fingerprint density at radius 1 is 1.00 bits per heavy atom. The van der Waals surface area contributed by atoms with Crippen molar-refractivity contribution in [1.29, 1.82) is 0 Å². The molecule has 134 valence electrons. The Hall–Kier alpha value is -2.50. The fourth-order valence-electron chi connectivity index (χ4n) is 4.01. The van der Waals surface area contributed by atoms with Crippen molar-refractivity contribution < 1.29 is 24.3 Å². The van der Waals surface area contributed by atoms with Gasteiger partial charge in [-0.05, 0) is 42.5 Å². The van der Waals surface area contributed by atoms with Crippen LogP contribution in [-0.4, -0.2) is 38.3 Å². The lowest BCUT2D eigenvalue weighted by molar-refractivity contribution is -1.02. The van der Waals surface area contributed by atoms with Crippen LogP contribution in [0.25, 0.3) is 10.9 Å². The van der Waals surface area contributed by atoms with Crippen LogP contribution in [0.2, 0.25) is 0 Å². The van der Waals surface area contributed by atoms with E-state index in [0.717, 1.165) is 48.2 Å². The van der Waals surface area contributed by atoms with Crippen molar-refractivity contribution in [3.05, 3.63) is 71.7 Å². The summed E-state index contributed by atoms with van der Waals surface area (Å²) < 4.78 is 13.5. The summed E-state index contributed by atoms with van der Waals surface area (Å²) in [6, 6.07) is 14.6. The van der Waals surface area contributed by atoms with Crippen LogP contribution in [0.15, 0.2) is 54.7 Å². The van der Waals surface area contributed by atoms with E-state index in [9.17, 15) is 9.50 Å². The Morgan fingerprint density at radius 2 is 1.73 bits per heavy atom.